The zero-order valence-corrected chi connectivity index (χ0v) is 16.9. The van der Waals surface area contributed by atoms with E-state index in [1.807, 2.05) is 41.1 Å². The van der Waals surface area contributed by atoms with Gasteiger partial charge in [-0.1, -0.05) is 30.0 Å². The lowest BCUT2D eigenvalue weighted by molar-refractivity contribution is 0.0635. The van der Waals surface area contributed by atoms with Crippen LogP contribution in [-0.4, -0.2) is 42.5 Å². The summed E-state index contributed by atoms with van der Waals surface area (Å²) in [5.74, 6) is 5.32. The van der Waals surface area contributed by atoms with Crippen molar-refractivity contribution in [3.05, 3.63) is 59.3 Å². The third-order valence-electron chi connectivity index (χ3n) is 6.15. The lowest BCUT2D eigenvalue weighted by atomic mass is 9.95. The second-order valence-corrected chi connectivity index (χ2v) is 7.76. The number of aromatic nitrogens is 1. The van der Waals surface area contributed by atoms with Crippen LogP contribution < -0.4 is 9.80 Å². The molecule has 1 aromatic heterocycles. The standard InChI is InChI=1S/C25H22N4O/c1-4-13-28(14-5-2)17-10-11-22-20(16-17)25(30)29-15-12-19-18-8-6-7-9-21(18)26-23(19)24(29)27(22)3/h1-2,6-11,16,24,26H,12-15H2,3H3. The van der Waals surface area contributed by atoms with Gasteiger partial charge in [0.05, 0.1) is 30.0 Å². The number of nitrogens with zero attached hydrogens (tertiary/aromatic N) is 3. The number of aromatic amines is 1. The summed E-state index contributed by atoms with van der Waals surface area (Å²) in [5, 5.41) is 1.24. The molecule has 0 aliphatic carbocycles. The summed E-state index contributed by atoms with van der Waals surface area (Å²) in [5.41, 5.74) is 6.00. The van der Waals surface area contributed by atoms with Crippen molar-refractivity contribution >= 4 is 28.2 Å². The monoisotopic (exact) mass is 394 g/mol. The van der Waals surface area contributed by atoms with E-state index < -0.39 is 0 Å². The summed E-state index contributed by atoms with van der Waals surface area (Å²) >= 11 is 0. The minimum absolute atomic E-state index is 0.0422. The smallest absolute Gasteiger partial charge is 0.257 e. The van der Waals surface area contributed by atoms with E-state index in [0.717, 1.165) is 29.0 Å². The van der Waals surface area contributed by atoms with Crippen LogP contribution in [0.2, 0.25) is 0 Å². The molecule has 0 radical (unpaired) electrons. The van der Waals surface area contributed by atoms with E-state index in [0.29, 0.717) is 25.2 Å². The van der Waals surface area contributed by atoms with Crippen molar-refractivity contribution in [3.63, 3.8) is 0 Å². The van der Waals surface area contributed by atoms with E-state index in [2.05, 4.69) is 39.9 Å². The number of terminal acetylenes is 2. The first-order chi connectivity index (χ1) is 14.6. The fraction of sp³-hybridized carbons (Fsp3) is 0.240. The van der Waals surface area contributed by atoms with E-state index in [4.69, 9.17) is 12.8 Å². The molecule has 148 valence electrons. The molecule has 5 nitrogen and oxygen atoms in total. The summed E-state index contributed by atoms with van der Waals surface area (Å²) in [6, 6.07) is 14.2. The highest BCUT2D eigenvalue weighted by molar-refractivity contribution is 6.03. The molecule has 1 N–H and O–H groups in total. The van der Waals surface area contributed by atoms with E-state index >= 15 is 0 Å². The molecule has 0 fully saturated rings. The Balaban J connectivity index is 1.60. The fourth-order valence-corrected chi connectivity index (χ4v) is 4.78. The summed E-state index contributed by atoms with van der Waals surface area (Å²) in [4.78, 5) is 23.1. The highest BCUT2D eigenvalue weighted by atomic mass is 16.2. The Morgan fingerprint density at radius 2 is 1.93 bits per heavy atom. The fourth-order valence-electron chi connectivity index (χ4n) is 4.78. The molecule has 2 aliphatic rings. The van der Waals surface area contributed by atoms with E-state index in [1.165, 1.54) is 10.9 Å². The highest BCUT2D eigenvalue weighted by Crippen LogP contribution is 2.43. The van der Waals surface area contributed by atoms with Crippen molar-refractivity contribution in [2.45, 2.75) is 12.6 Å². The Morgan fingerprint density at radius 1 is 1.17 bits per heavy atom. The van der Waals surface area contributed by atoms with Crippen LogP contribution in [0.5, 0.6) is 0 Å². The van der Waals surface area contributed by atoms with Gasteiger partial charge in [0.15, 0.2) is 0 Å². The Hall–Kier alpha value is -3.83. The first-order valence-electron chi connectivity index (χ1n) is 10.0. The largest absolute Gasteiger partial charge is 0.355 e. The maximum absolute atomic E-state index is 13.5. The van der Waals surface area contributed by atoms with Gasteiger partial charge in [-0.05, 0) is 36.2 Å². The third-order valence-corrected chi connectivity index (χ3v) is 6.15. The van der Waals surface area contributed by atoms with E-state index in [1.54, 1.807) is 0 Å². The minimum atomic E-state index is -0.139. The van der Waals surface area contributed by atoms with Crippen molar-refractivity contribution < 1.29 is 4.79 Å². The second kappa shape index (κ2) is 6.90. The Bertz CT molecular complexity index is 1230. The zero-order chi connectivity index (χ0) is 20.8. The Morgan fingerprint density at radius 3 is 2.70 bits per heavy atom. The van der Waals surface area contributed by atoms with Crippen LogP contribution in [0.25, 0.3) is 10.9 Å². The van der Waals surface area contributed by atoms with Gasteiger partial charge in [0.25, 0.3) is 5.91 Å². The quantitative estimate of drug-likeness (QED) is 0.693. The highest BCUT2D eigenvalue weighted by Gasteiger charge is 2.41. The number of carbonyl (C=O) groups excluding carboxylic acids is 1. The molecule has 0 spiro atoms. The molecule has 3 aromatic rings. The molecule has 2 aromatic carbocycles. The number of anilines is 2. The normalized spacial score (nSPS) is 17.0. The van der Waals surface area contributed by atoms with Gasteiger partial charge in [0.1, 0.15) is 6.17 Å². The predicted molar refractivity (Wildman–Crippen MR) is 121 cm³/mol. The molecular formula is C25H22N4O. The first kappa shape index (κ1) is 18.2. The van der Waals surface area contributed by atoms with Gasteiger partial charge in [-0.25, -0.2) is 0 Å². The van der Waals surface area contributed by atoms with Gasteiger partial charge in [0.2, 0.25) is 0 Å². The van der Waals surface area contributed by atoms with Crippen LogP contribution >= 0.6 is 0 Å². The van der Waals surface area contributed by atoms with Crippen LogP contribution in [0.4, 0.5) is 11.4 Å². The molecule has 0 saturated carbocycles. The molecule has 0 saturated heterocycles. The molecule has 0 bridgehead atoms. The average Bonchev–Trinajstić information content (AvgIpc) is 3.15. The van der Waals surface area contributed by atoms with Crippen molar-refractivity contribution in [2.75, 3.05) is 36.5 Å². The van der Waals surface area contributed by atoms with Gasteiger partial charge >= 0.3 is 0 Å². The number of hydrogen-bond acceptors (Lipinski definition) is 3. The molecule has 5 heteroatoms. The maximum Gasteiger partial charge on any atom is 0.257 e. The number of carbonyl (C=O) groups is 1. The first-order valence-corrected chi connectivity index (χ1v) is 10.0. The molecule has 2 aliphatic heterocycles. The number of H-pyrrole nitrogens is 1. The average molecular weight is 394 g/mol. The summed E-state index contributed by atoms with van der Waals surface area (Å²) in [7, 11) is 2.05. The predicted octanol–water partition coefficient (Wildman–Crippen LogP) is 3.39. The number of para-hydroxylation sites is 1. The van der Waals surface area contributed by atoms with Crippen LogP contribution in [0.3, 0.4) is 0 Å². The molecule has 1 unspecified atom stereocenters. The second-order valence-electron chi connectivity index (χ2n) is 7.76. The molecule has 30 heavy (non-hydrogen) atoms. The number of fused-ring (bicyclic) bond motifs is 6. The van der Waals surface area contributed by atoms with Crippen LogP contribution in [0.1, 0.15) is 27.8 Å². The number of benzene rings is 2. The van der Waals surface area contributed by atoms with Crippen LogP contribution in [0, 0.1) is 24.7 Å². The van der Waals surface area contributed by atoms with Crippen molar-refractivity contribution in [1.29, 1.82) is 0 Å². The number of amides is 1. The number of nitrogens with one attached hydrogen (secondary N) is 1. The molecular weight excluding hydrogens is 372 g/mol. The zero-order valence-electron chi connectivity index (χ0n) is 16.9. The third kappa shape index (κ3) is 2.56. The van der Waals surface area contributed by atoms with Crippen molar-refractivity contribution in [2.24, 2.45) is 0 Å². The Labute approximate surface area is 176 Å². The molecule has 3 heterocycles. The van der Waals surface area contributed by atoms with Crippen LogP contribution in [0.15, 0.2) is 42.5 Å². The molecule has 1 amide bonds. The SMILES string of the molecule is C#CCN(CC#C)c1ccc2c(c1)C(=O)N1CCc3c([nH]c4ccccc34)C1N2C. The molecule has 1 atom stereocenters. The molecule has 5 rings (SSSR count). The lowest BCUT2D eigenvalue weighted by Gasteiger charge is -2.46. The van der Waals surface area contributed by atoms with Gasteiger partial charge < -0.3 is 19.7 Å². The number of rotatable bonds is 3. The van der Waals surface area contributed by atoms with Gasteiger partial charge in [0, 0.05) is 30.2 Å². The Kier molecular flexibility index (Phi) is 4.19. The summed E-state index contributed by atoms with van der Waals surface area (Å²) < 4.78 is 0. The maximum atomic E-state index is 13.5. The van der Waals surface area contributed by atoms with Crippen molar-refractivity contribution in [1.82, 2.24) is 9.88 Å². The summed E-state index contributed by atoms with van der Waals surface area (Å²) in [6.45, 7) is 1.49. The van der Waals surface area contributed by atoms with Crippen LogP contribution in [-0.2, 0) is 6.42 Å². The van der Waals surface area contributed by atoms with Gasteiger partial charge in [-0.3, -0.25) is 4.79 Å². The minimum Gasteiger partial charge on any atom is -0.355 e. The summed E-state index contributed by atoms with van der Waals surface area (Å²) in [6.07, 6.45) is 11.7. The van der Waals surface area contributed by atoms with E-state index in [9.17, 15) is 4.79 Å². The van der Waals surface area contributed by atoms with Gasteiger partial charge in [-0.2, -0.15) is 0 Å². The topological polar surface area (TPSA) is 42.6 Å². The lowest BCUT2D eigenvalue weighted by Crippen LogP contribution is -2.51. The number of hydrogen-bond donors (Lipinski definition) is 1. The van der Waals surface area contributed by atoms with Crippen molar-refractivity contribution in [3.8, 4) is 24.7 Å². The van der Waals surface area contributed by atoms with Gasteiger partial charge in [-0.15, -0.1) is 12.8 Å². The van der Waals surface area contributed by atoms with E-state index in [-0.39, 0.29) is 12.1 Å².